The number of methoxy groups -OCH3 is 1. The highest BCUT2D eigenvalue weighted by Crippen LogP contribution is 2.30. The number of aryl methyl sites for hydroxylation is 1. The lowest BCUT2D eigenvalue weighted by Crippen LogP contribution is -2.07. The zero-order valence-electron chi connectivity index (χ0n) is 8.10. The van der Waals surface area contributed by atoms with Crippen molar-refractivity contribution in [1.82, 2.24) is 0 Å². The summed E-state index contributed by atoms with van der Waals surface area (Å²) in [6, 6.07) is 4.06. The molecule has 0 bridgehead atoms. The molecule has 13 heavy (non-hydrogen) atoms. The molecule has 0 aliphatic rings. The van der Waals surface area contributed by atoms with E-state index in [9.17, 15) is 0 Å². The van der Waals surface area contributed by atoms with Crippen molar-refractivity contribution in [1.29, 1.82) is 0 Å². The highest BCUT2D eigenvalue weighted by atomic mass is 79.9. The van der Waals surface area contributed by atoms with Gasteiger partial charge in [0.1, 0.15) is 5.75 Å². The predicted octanol–water partition coefficient (Wildman–Crippen LogP) is 2.79. The fourth-order valence-corrected chi connectivity index (χ4v) is 1.84. The summed E-state index contributed by atoms with van der Waals surface area (Å²) in [5.41, 5.74) is 8.12. The van der Waals surface area contributed by atoms with Gasteiger partial charge in [0, 0.05) is 6.04 Å². The maximum Gasteiger partial charge on any atom is 0.133 e. The third-order valence-electron chi connectivity index (χ3n) is 2.03. The topological polar surface area (TPSA) is 35.2 Å². The van der Waals surface area contributed by atoms with Crippen molar-refractivity contribution < 1.29 is 4.74 Å². The van der Waals surface area contributed by atoms with Gasteiger partial charge < -0.3 is 10.5 Å². The van der Waals surface area contributed by atoms with Gasteiger partial charge in [-0.1, -0.05) is 0 Å². The average Bonchev–Trinajstić information content (AvgIpc) is 2.07. The third kappa shape index (κ3) is 2.23. The fraction of sp³-hybridized carbons (Fsp3) is 0.400. The van der Waals surface area contributed by atoms with E-state index in [1.807, 2.05) is 26.0 Å². The molecule has 1 aromatic rings. The molecule has 0 aromatic heterocycles. The lowest BCUT2D eigenvalue weighted by Gasteiger charge is -2.12. The first-order chi connectivity index (χ1) is 6.06. The van der Waals surface area contributed by atoms with E-state index in [1.54, 1.807) is 7.11 Å². The van der Waals surface area contributed by atoms with Gasteiger partial charge in [0.05, 0.1) is 11.6 Å². The third-order valence-corrected chi connectivity index (χ3v) is 2.65. The number of rotatable bonds is 2. The molecule has 1 atom stereocenters. The van der Waals surface area contributed by atoms with Crippen LogP contribution in [0, 0.1) is 6.92 Å². The van der Waals surface area contributed by atoms with Crippen LogP contribution in [0.3, 0.4) is 0 Å². The standard InChI is InChI=1S/C10H14BrNO/c1-6-4-10(13-3)9(11)5-8(6)7(2)12/h4-5,7H,12H2,1-3H3. The first kappa shape index (κ1) is 10.5. The molecule has 1 unspecified atom stereocenters. The minimum atomic E-state index is 0.0576. The number of ether oxygens (including phenoxy) is 1. The van der Waals surface area contributed by atoms with Crippen LogP contribution in [0.2, 0.25) is 0 Å². The molecular weight excluding hydrogens is 230 g/mol. The Morgan fingerprint density at radius 1 is 1.46 bits per heavy atom. The van der Waals surface area contributed by atoms with E-state index >= 15 is 0 Å². The van der Waals surface area contributed by atoms with Crippen molar-refractivity contribution in [3.8, 4) is 5.75 Å². The molecule has 1 aromatic carbocycles. The molecule has 0 saturated carbocycles. The Morgan fingerprint density at radius 3 is 2.54 bits per heavy atom. The van der Waals surface area contributed by atoms with Gasteiger partial charge in [0.15, 0.2) is 0 Å². The van der Waals surface area contributed by atoms with E-state index in [0.29, 0.717) is 0 Å². The van der Waals surface area contributed by atoms with Crippen LogP contribution in [0.1, 0.15) is 24.1 Å². The maximum absolute atomic E-state index is 5.81. The fourth-order valence-electron chi connectivity index (χ4n) is 1.32. The second-order valence-corrected chi connectivity index (χ2v) is 3.99. The minimum absolute atomic E-state index is 0.0576. The molecule has 0 saturated heterocycles. The smallest absolute Gasteiger partial charge is 0.133 e. The lowest BCUT2D eigenvalue weighted by molar-refractivity contribution is 0.411. The first-order valence-corrected chi connectivity index (χ1v) is 4.95. The number of benzene rings is 1. The summed E-state index contributed by atoms with van der Waals surface area (Å²) < 4.78 is 6.12. The highest BCUT2D eigenvalue weighted by Gasteiger charge is 2.08. The van der Waals surface area contributed by atoms with Gasteiger partial charge in [0.2, 0.25) is 0 Å². The Balaban J connectivity index is 3.20. The van der Waals surface area contributed by atoms with Crippen molar-refractivity contribution in [3.63, 3.8) is 0 Å². The van der Waals surface area contributed by atoms with Crippen LogP contribution in [0.15, 0.2) is 16.6 Å². The Bertz CT molecular complexity index is 310. The molecule has 0 aliphatic heterocycles. The molecule has 0 aliphatic carbocycles. The van der Waals surface area contributed by atoms with Gasteiger partial charge in [-0.05, 0) is 53.0 Å². The minimum Gasteiger partial charge on any atom is -0.496 e. The number of nitrogens with two attached hydrogens (primary N) is 1. The molecular formula is C10H14BrNO. The van der Waals surface area contributed by atoms with Crippen LogP contribution in [-0.4, -0.2) is 7.11 Å². The zero-order chi connectivity index (χ0) is 10.0. The maximum atomic E-state index is 5.81. The second kappa shape index (κ2) is 4.11. The summed E-state index contributed by atoms with van der Waals surface area (Å²) in [4.78, 5) is 0. The molecule has 1 rings (SSSR count). The molecule has 0 heterocycles. The van der Waals surface area contributed by atoms with E-state index in [1.165, 1.54) is 0 Å². The van der Waals surface area contributed by atoms with E-state index < -0.39 is 0 Å². The van der Waals surface area contributed by atoms with Crippen molar-refractivity contribution in [3.05, 3.63) is 27.7 Å². The highest BCUT2D eigenvalue weighted by molar-refractivity contribution is 9.10. The molecule has 0 fully saturated rings. The SMILES string of the molecule is COc1cc(C)c(C(C)N)cc1Br. The Labute approximate surface area is 87.2 Å². The Hall–Kier alpha value is -0.540. The summed E-state index contributed by atoms with van der Waals surface area (Å²) >= 11 is 3.43. The number of halogens is 1. The van der Waals surface area contributed by atoms with Crippen LogP contribution in [0.5, 0.6) is 5.75 Å². The molecule has 0 radical (unpaired) electrons. The summed E-state index contributed by atoms with van der Waals surface area (Å²) in [6.45, 7) is 4.01. The van der Waals surface area contributed by atoms with E-state index in [0.717, 1.165) is 21.3 Å². The van der Waals surface area contributed by atoms with Crippen molar-refractivity contribution in [2.75, 3.05) is 7.11 Å². The van der Waals surface area contributed by atoms with Crippen LogP contribution in [-0.2, 0) is 0 Å². The van der Waals surface area contributed by atoms with Crippen LogP contribution >= 0.6 is 15.9 Å². The van der Waals surface area contributed by atoms with Crippen molar-refractivity contribution >= 4 is 15.9 Å². The summed E-state index contributed by atoms with van der Waals surface area (Å²) in [5.74, 6) is 0.849. The van der Waals surface area contributed by atoms with Gasteiger partial charge in [-0.2, -0.15) is 0 Å². The van der Waals surface area contributed by atoms with Gasteiger partial charge in [-0.15, -0.1) is 0 Å². The van der Waals surface area contributed by atoms with Gasteiger partial charge in [0.25, 0.3) is 0 Å². The first-order valence-electron chi connectivity index (χ1n) is 4.16. The number of hydrogen-bond donors (Lipinski definition) is 1. The summed E-state index contributed by atoms with van der Waals surface area (Å²) in [7, 11) is 1.66. The summed E-state index contributed by atoms with van der Waals surface area (Å²) in [5, 5.41) is 0. The Kier molecular flexibility index (Phi) is 3.33. The van der Waals surface area contributed by atoms with Crippen LogP contribution < -0.4 is 10.5 Å². The molecule has 0 spiro atoms. The second-order valence-electron chi connectivity index (χ2n) is 3.13. The van der Waals surface area contributed by atoms with E-state index in [4.69, 9.17) is 10.5 Å². The van der Waals surface area contributed by atoms with Gasteiger partial charge in [-0.25, -0.2) is 0 Å². The van der Waals surface area contributed by atoms with E-state index in [-0.39, 0.29) is 6.04 Å². The number of hydrogen-bond acceptors (Lipinski definition) is 2. The molecule has 0 amide bonds. The predicted molar refractivity (Wildman–Crippen MR) is 58.0 cm³/mol. The van der Waals surface area contributed by atoms with Crippen LogP contribution in [0.4, 0.5) is 0 Å². The Morgan fingerprint density at radius 2 is 2.08 bits per heavy atom. The van der Waals surface area contributed by atoms with Crippen molar-refractivity contribution in [2.24, 2.45) is 5.73 Å². The molecule has 2 nitrogen and oxygen atoms in total. The quantitative estimate of drug-likeness (QED) is 0.868. The zero-order valence-corrected chi connectivity index (χ0v) is 9.68. The monoisotopic (exact) mass is 243 g/mol. The lowest BCUT2D eigenvalue weighted by atomic mass is 10.0. The largest absolute Gasteiger partial charge is 0.496 e. The average molecular weight is 244 g/mol. The van der Waals surface area contributed by atoms with Gasteiger partial charge in [-0.3, -0.25) is 0 Å². The van der Waals surface area contributed by atoms with Crippen LogP contribution in [0.25, 0.3) is 0 Å². The normalized spacial score (nSPS) is 12.7. The molecule has 3 heteroatoms. The van der Waals surface area contributed by atoms with Crippen molar-refractivity contribution in [2.45, 2.75) is 19.9 Å². The van der Waals surface area contributed by atoms with E-state index in [2.05, 4.69) is 15.9 Å². The van der Waals surface area contributed by atoms with Gasteiger partial charge >= 0.3 is 0 Å². The molecule has 72 valence electrons. The molecule has 2 N–H and O–H groups in total. The summed E-state index contributed by atoms with van der Waals surface area (Å²) in [6.07, 6.45) is 0.